The van der Waals surface area contributed by atoms with Gasteiger partial charge in [0.2, 0.25) is 0 Å². The summed E-state index contributed by atoms with van der Waals surface area (Å²) in [6.07, 6.45) is 0. The fourth-order valence-corrected chi connectivity index (χ4v) is 2.95. The van der Waals surface area contributed by atoms with Crippen LogP contribution in [0.2, 0.25) is 0 Å². The summed E-state index contributed by atoms with van der Waals surface area (Å²) in [6.45, 7) is 0. The number of hydrogen-bond donors (Lipinski definition) is 0. The van der Waals surface area contributed by atoms with Gasteiger partial charge in [-0.15, -0.1) is 0 Å². The molecule has 18 heavy (non-hydrogen) atoms. The maximum atomic E-state index is 13.0. The van der Waals surface area contributed by atoms with E-state index in [-0.39, 0.29) is 10.6 Å². The molecule has 2 rings (SSSR count). The van der Waals surface area contributed by atoms with E-state index in [4.69, 9.17) is 0 Å². The van der Waals surface area contributed by atoms with Crippen LogP contribution in [0.4, 0.5) is 8.78 Å². The van der Waals surface area contributed by atoms with E-state index in [0.29, 0.717) is 5.56 Å². The van der Waals surface area contributed by atoms with Crippen LogP contribution in [0.15, 0.2) is 53.4 Å². The summed E-state index contributed by atoms with van der Waals surface area (Å²) >= 11 is 0. The Morgan fingerprint density at radius 1 is 0.889 bits per heavy atom. The second kappa shape index (κ2) is 4.86. The third-order valence-corrected chi connectivity index (χ3v) is 4.09. The summed E-state index contributed by atoms with van der Waals surface area (Å²) < 4.78 is 49.9. The minimum atomic E-state index is -3.66. The van der Waals surface area contributed by atoms with Gasteiger partial charge in [0, 0.05) is 0 Å². The van der Waals surface area contributed by atoms with Crippen molar-refractivity contribution in [3.05, 3.63) is 65.7 Å². The molecule has 2 aromatic carbocycles. The van der Waals surface area contributed by atoms with Crippen LogP contribution in [-0.2, 0) is 15.6 Å². The molecule has 0 spiro atoms. The maximum Gasteiger partial charge on any atom is 0.182 e. The molecular weight excluding hydrogens is 258 g/mol. The summed E-state index contributed by atoms with van der Waals surface area (Å²) in [6, 6.07) is 10.1. The molecule has 2 nitrogen and oxygen atoms in total. The second-order valence-electron chi connectivity index (χ2n) is 3.85. The van der Waals surface area contributed by atoms with Gasteiger partial charge in [0.15, 0.2) is 9.84 Å². The van der Waals surface area contributed by atoms with Gasteiger partial charge in [-0.25, -0.2) is 17.2 Å². The number of benzene rings is 2. The lowest BCUT2D eigenvalue weighted by molar-refractivity contribution is 0.589. The molecule has 0 heterocycles. The first kappa shape index (κ1) is 12.7. The van der Waals surface area contributed by atoms with Gasteiger partial charge in [-0.1, -0.05) is 18.2 Å². The van der Waals surface area contributed by atoms with Gasteiger partial charge in [-0.05, 0) is 35.9 Å². The fourth-order valence-electron chi connectivity index (χ4n) is 1.59. The van der Waals surface area contributed by atoms with Gasteiger partial charge in [0.05, 0.1) is 10.6 Å². The van der Waals surface area contributed by atoms with E-state index >= 15 is 0 Å². The number of rotatable bonds is 3. The molecule has 0 aromatic heterocycles. The molecule has 0 fully saturated rings. The lowest BCUT2D eigenvalue weighted by atomic mass is 10.2. The Morgan fingerprint density at radius 2 is 1.50 bits per heavy atom. The topological polar surface area (TPSA) is 34.1 Å². The van der Waals surface area contributed by atoms with Crippen molar-refractivity contribution in [2.24, 2.45) is 0 Å². The summed E-state index contributed by atoms with van der Waals surface area (Å²) in [7, 11) is -3.66. The number of hydrogen-bond acceptors (Lipinski definition) is 2. The summed E-state index contributed by atoms with van der Waals surface area (Å²) in [5.74, 6) is -1.47. The summed E-state index contributed by atoms with van der Waals surface area (Å²) in [4.78, 5) is -0.105. The predicted molar refractivity (Wildman–Crippen MR) is 63.7 cm³/mol. The minimum absolute atomic E-state index is 0.105. The third-order valence-electron chi connectivity index (χ3n) is 2.40. The minimum Gasteiger partial charge on any atom is -0.223 e. The average molecular weight is 268 g/mol. The lowest BCUT2D eigenvalue weighted by Crippen LogP contribution is -2.05. The van der Waals surface area contributed by atoms with Gasteiger partial charge < -0.3 is 0 Å². The van der Waals surface area contributed by atoms with Crippen LogP contribution in [0.3, 0.4) is 0 Å². The zero-order valence-corrected chi connectivity index (χ0v) is 10.1. The highest BCUT2D eigenvalue weighted by atomic mass is 32.2. The van der Waals surface area contributed by atoms with Crippen LogP contribution in [0.25, 0.3) is 0 Å². The van der Waals surface area contributed by atoms with E-state index in [1.165, 1.54) is 36.4 Å². The highest BCUT2D eigenvalue weighted by Gasteiger charge is 2.16. The first-order chi connectivity index (χ1) is 8.47. The number of sulfone groups is 1. The molecule has 0 aliphatic carbocycles. The number of halogens is 2. The summed E-state index contributed by atoms with van der Waals surface area (Å²) in [5.41, 5.74) is 0.333. The van der Waals surface area contributed by atoms with Crippen molar-refractivity contribution in [2.75, 3.05) is 0 Å². The van der Waals surface area contributed by atoms with Crippen molar-refractivity contribution in [2.45, 2.75) is 10.6 Å². The Labute approximate surface area is 104 Å². The molecule has 0 saturated heterocycles. The van der Waals surface area contributed by atoms with Gasteiger partial charge in [-0.2, -0.15) is 0 Å². The molecule has 94 valence electrons. The van der Waals surface area contributed by atoms with Crippen LogP contribution in [0.5, 0.6) is 0 Å². The Hall–Kier alpha value is -1.75. The Balaban J connectivity index is 2.33. The molecule has 0 radical (unpaired) electrons. The smallest absolute Gasteiger partial charge is 0.182 e. The first-order valence-corrected chi connectivity index (χ1v) is 6.85. The zero-order chi connectivity index (χ0) is 13.2. The molecule has 5 heteroatoms. The van der Waals surface area contributed by atoms with Crippen LogP contribution in [0.1, 0.15) is 5.56 Å². The van der Waals surface area contributed by atoms with Gasteiger partial charge in [0.25, 0.3) is 0 Å². The standard InChI is InChI=1S/C13H10F2O2S/c14-11-4-1-3-10(7-11)9-18(16,17)13-6-2-5-12(15)8-13/h1-8H,9H2. The molecule has 0 aliphatic heterocycles. The Bertz CT molecular complexity index is 666. The van der Waals surface area contributed by atoms with Crippen molar-refractivity contribution < 1.29 is 17.2 Å². The molecule has 0 unspecified atom stereocenters. The summed E-state index contributed by atoms with van der Waals surface area (Å²) in [5, 5.41) is 0. The molecule has 2 aromatic rings. The van der Waals surface area contributed by atoms with Crippen molar-refractivity contribution in [3.63, 3.8) is 0 Å². The van der Waals surface area contributed by atoms with Crippen LogP contribution in [0, 0.1) is 11.6 Å². The molecular formula is C13H10F2O2S. The van der Waals surface area contributed by atoms with E-state index in [1.807, 2.05) is 0 Å². The van der Waals surface area contributed by atoms with Crippen molar-refractivity contribution in [1.29, 1.82) is 0 Å². The van der Waals surface area contributed by atoms with E-state index in [1.54, 1.807) is 0 Å². The normalized spacial score (nSPS) is 11.4. The quantitative estimate of drug-likeness (QED) is 0.857. The van der Waals surface area contributed by atoms with Gasteiger partial charge >= 0.3 is 0 Å². The van der Waals surface area contributed by atoms with Crippen molar-refractivity contribution >= 4 is 9.84 Å². The first-order valence-electron chi connectivity index (χ1n) is 5.20. The second-order valence-corrected chi connectivity index (χ2v) is 5.84. The average Bonchev–Trinajstić information content (AvgIpc) is 2.28. The third kappa shape index (κ3) is 2.92. The molecule has 0 N–H and O–H groups in total. The lowest BCUT2D eigenvalue weighted by Gasteiger charge is -2.05. The van der Waals surface area contributed by atoms with Crippen molar-refractivity contribution in [3.8, 4) is 0 Å². The van der Waals surface area contributed by atoms with E-state index in [0.717, 1.165) is 12.1 Å². The van der Waals surface area contributed by atoms with Gasteiger partial charge in [-0.3, -0.25) is 0 Å². The zero-order valence-electron chi connectivity index (χ0n) is 9.31. The molecule has 0 bridgehead atoms. The highest BCUT2D eigenvalue weighted by molar-refractivity contribution is 7.90. The van der Waals surface area contributed by atoms with E-state index < -0.39 is 21.5 Å². The molecule has 0 aliphatic rings. The molecule has 0 saturated carbocycles. The van der Waals surface area contributed by atoms with Crippen LogP contribution < -0.4 is 0 Å². The van der Waals surface area contributed by atoms with E-state index in [9.17, 15) is 17.2 Å². The Kier molecular flexibility index (Phi) is 3.43. The maximum absolute atomic E-state index is 13.0. The largest absolute Gasteiger partial charge is 0.223 e. The van der Waals surface area contributed by atoms with E-state index in [2.05, 4.69) is 0 Å². The van der Waals surface area contributed by atoms with Gasteiger partial charge in [0.1, 0.15) is 11.6 Å². The fraction of sp³-hybridized carbons (Fsp3) is 0.0769. The van der Waals surface area contributed by atoms with Crippen LogP contribution in [-0.4, -0.2) is 8.42 Å². The Morgan fingerprint density at radius 3 is 2.11 bits per heavy atom. The SMILES string of the molecule is O=S(=O)(Cc1cccc(F)c1)c1cccc(F)c1. The predicted octanol–water partition coefficient (Wildman–Crippen LogP) is 2.94. The van der Waals surface area contributed by atoms with Crippen LogP contribution >= 0.6 is 0 Å². The molecule has 0 amide bonds. The molecule has 0 atom stereocenters. The van der Waals surface area contributed by atoms with Crippen molar-refractivity contribution in [1.82, 2.24) is 0 Å². The highest BCUT2D eigenvalue weighted by Crippen LogP contribution is 2.17. The monoisotopic (exact) mass is 268 g/mol.